The Bertz CT molecular complexity index is 1390. The van der Waals surface area contributed by atoms with Crippen molar-refractivity contribution in [3.05, 3.63) is 46.8 Å². The molecule has 1 aromatic carbocycles. The zero-order valence-electron chi connectivity index (χ0n) is 20.2. The van der Waals surface area contributed by atoms with Gasteiger partial charge in [0.25, 0.3) is 11.8 Å². The van der Waals surface area contributed by atoms with Crippen LogP contribution in [0.2, 0.25) is 0 Å². The number of rotatable bonds is 8. The molecule has 15 heteroatoms. The summed E-state index contributed by atoms with van der Waals surface area (Å²) in [7, 11) is -4.45. The van der Waals surface area contributed by atoms with E-state index in [0.29, 0.717) is 38.1 Å². The van der Waals surface area contributed by atoms with E-state index in [1.165, 1.54) is 9.47 Å². The Morgan fingerprint density at radius 3 is 2.50 bits per heavy atom. The second-order valence-corrected chi connectivity index (χ2v) is 11.0. The normalized spacial score (nSPS) is 22.6. The lowest BCUT2D eigenvalue weighted by molar-refractivity contribution is -0.131. The number of sulfonamides is 1. The van der Waals surface area contributed by atoms with Crippen molar-refractivity contribution >= 4 is 27.5 Å². The Labute approximate surface area is 215 Å². The number of ether oxygens (including phenoxy) is 1. The van der Waals surface area contributed by atoms with Crippen LogP contribution in [0.4, 0.5) is 23.2 Å². The van der Waals surface area contributed by atoms with E-state index in [-0.39, 0.29) is 37.3 Å². The molecule has 10 nitrogen and oxygen atoms in total. The van der Waals surface area contributed by atoms with Crippen LogP contribution >= 0.6 is 0 Å². The maximum Gasteiger partial charge on any atom is 0.275 e. The fourth-order valence-corrected chi connectivity index (χ4v) is 6.60. The molecule has 38 heavy (non-hydrogen) atoms. The Hall–Kier alpha value is -3.01. The quantitative estimate of drug-likeness (QED) is 0.256. The van der Waals surface area contributed by atoms with E-state index in [1.54, 1.807) is 0 Å². The van der Waals surface area contributed by atoms with E-state index in [4.69, 9.17) is 4.74 Å². The van der Waals surface area contributed by atoms with Gasteiger partial charge in [-0.25, -0.2) is 30.7 Å². The number of epoxide rings is 1. The number of anilines is 1. The van der Waals surface area contributed by atoms with Crippen molar-refractivity contribution in [3.63, 3.8) is 0 Å². The fraction of sp³-hybridized carbons (Fsp3) is 0.478. The minimum absolute atomic E-state index is 0.0729. The van der Waals surface area contributed by atoms with Gasteiger partial charge in [-0.3, -0.25) is 14.9 Å². The first-order valence-corrected chi connectivity index (χ1v) is 13.6. The number of hydrogen-bond donors (Lipinski definition) is 3. The van der Waals surface area contributed by atoms with Gasteiger partial charge in [0.2, 0.25) is 10.0 Å². The van der Waals surface area contributed by atoms with Crippen LogP contribution in [0.5, 0.6) is 0 Å². The van der Waals surface area contributed by atoms with E-state index in [9.17, 15) is 31.2 Å². The van der Waals surface area contributed by atoms with Gasteiger partial charge >= 0.3 is 0 Å². The van der Waals surface area contributed by atoms with Crippen molar-refractivity contribution in [3.8, 4) is 0 Å². The predicted octanol–water partition coefficient (Wildman–Crippen LogP) is 1.46. The molecule has 3 atom stereocenters. The summed E-state index contributed by atoms with van der Waals surface area (Å²) >= 11 is 0. The molecule has 0 bridgehead atoms. The van der Waals surface area contributed by atoms with Gasteiger partial charge in [-0.1, -0.05) is 6.92 Å². The lowest BCUT2D eigenvalue weighted by Gasteiger charge is -2.16. The molecule has 3 aliphatic rings. The third kappa shape index (κ3) is 4.79. The average Bonchev–Trinajstić information content (AvgIpc) is 3.13. The zero-order chi connectivity index (χ0) is 27.4. The molecule has 0 aliphatic carbocycles. The van der Waals surface area contributed by atoms with Crippen LogP contribution < -0.4 is 15.4 Å². The fourth-order valence-electron chi connectivity index (χ4n) is 4.99. The number of likely N-dealkylation sites (N-methyl/N-ethyl adjacent to an activating group) is 1. The predicted molar refractivity (Wildman–Crippen MR) is 125 cm³/mol. The maximum atomic E-state index is 15.6. The van der Waals surface area contributed by atoms with Gasteiger partial charge in [-0.15, -0.1) is 0 Å². The van der Waals surface area contributed by atoms with Crippen LogP contribution in [-0.4, -0.2) is 67.7 Å². The lowest BCUT2D eigenvalue weighted by atomic mass is 10.2. The van der Waals surface area contributed by atoms with E-state index < -0.39 is 67.6 Å². The average molecular weight is 560 g/mol. The molecule has 2 saturated heterocycles. The standard InChI is InChI=1S/C23H25F4N5O5S/c1-2-28-22-19(37-22)23(34)31-7-5-11(10-31)30-38(35,36)20-15-4-3-6-32(15)18(17(20)27)21(33)29-12-8-13(24)16(26)14(25)9-12/h8-9,11,19,22,28,30H,2-7,10H2,1H3,(H,29,33)/t11-,19?,22?/m1/s1. The second-order valence-electron chi connectivity index (χ2n) is 9.33. The van der Waals surface area contributed by atoms with Gasteiger partial charge in [0.15, 0.2) is 29.4 Å². The van der Waals surface area contributed by atoms with Crippen LogP contribution in [0.25, 0.3) is 0 Å². The Balaban J connectivity index is 1.34. The van der Waals surface area contributed by atoms with Crippen LogP contribution in [-0.2, 0) is 32.5 Å². The molecule has 3 aliphatic heterocycles. The van der Waals surface area contributed by atoms with Crippen molar-refractivity contribution in [2.24, 2.45) is 0 Å². The number of nitrogens with zero attached hydrogens (tertiary/aromatic N) is 2. The summed E-state index contributed by atoms with van der Waals surface area (Å²) in [5, 5.41) is 5.10. The number of carbonyl (C=O) groups is 2. The Morgan fingerprint density at radius 2 is 1.82 bits per heavy atom. The summed E-state index contributed by atoms with van der Waals surface area (Å²) in [6.07, 6.45) is -0.0649. The van der Waals surface area contributed by atoms with Crippen molar-refractivity contribution in [2.75, 3.05) is 25.0 Å². The summed E-state index contributed by atoms with van der Waals surface area (Å²) in [6, 6.07) is 0.377. The molecule has 206 valence electrons. The first-order chi connectivity index (χ1) is 18.0. The number of halogens is 4. The zero-order valence-corrected chi connectivity index (χ0v) is 21.0. The van der Waals surface area contributed by atoms with E-state index in [2.05, 4.69) is 15.4 Å². The first-order valence-electron chi connectivity index (χ1n) is 12.1. The number of aromatic nitrogens is 1. The van der Waals surface area contributed by atoms with E-state index in [1.807, 2.05) is 6.92 Å². The number of hydrogen-bond acceptors (Lipinski definition) is 6. The molecule has 3 N–H and O–H groups in total. The number of nitrogens with one attached hydrogen (secondary N) is 3. The summed E-state index contributed by atoms with van der Waals surface area (Å²) in [4.78, 5) is 26.2. The summed E-state index contributed by atoms with van der Waals surface area (Å²) < 4.78 is 91.4. The SMILES string of the molecule is CCNC1OC1C(=O)N1CC[C@@H](NS(=O)(=O)c2c(F)c(C(=O)Nc3cc(F)c(F)c(F)c3)n3c2CCC3)C1. The smallest absolute Gasteiger partial charge is 0.275 e. The van der Waals surface area contributed by atoms with Gasteiger partial charge in [0, 0.05) is 49.2 Å². The molecule has 4 heterocycles. The molecule has 2 fully saturated rings. The van der Waals surface area contributed by atoms with Crippen molar-refractivity contribution in [2.45, 2.75) is 56.0 Å². The summed E-state index contributed by atoms with van der Waals surface area (Å²) in [6.45, 7) is 3.01. The number of benzene rings is 1. The summed E-state index contributed by atoms with van der Waals surface area (Å²) in [5.74, 6) is -7.55. The largest absolute Gasteiger partial charge is 0.343 e. The third-order valence-corrected chi connectivity index (χ3v) is 8.34. The molecule has 0 radical (unpaired) electrons. The molecule has 0 saturated carbocycles. The van der Waals surface area contributed by atoms with Crippen LogP contribution in [0.15, 0.2) is 17.0 Å². The van der Waals surface area contributed by atoms with E-state index in [0.717, 1.165) is 0 Å². The van der Waals surface area contributed by atoms with Crippen molar-refractivity contribution in [1.29, 1.82) is 0 Å². The van der Waals surface area contributed by atoms with Gasteiger partial charge in [0.1, 0.15) is 16.8 Å². The first kappa shape index (κ1) is 26.6. The highest BCUT2D eigenvalue weighted by atomic mass is 32.2. The lowest BCUT2D eigenvalue weighted by Crippen LogP contribution is -2.40. The topological polar surface area (TPSA) is 125 Å². The van der Waals surface area contributed by atoms with Gasteiger partial charge < -0.3 is 19.5 Å². The monoisotopic (exact) mass is 559 g/mol. The van der Waals surface area contributed by atoms with Crippen molar-refractivity contribution in [1.82, 2.24) is 19.5 Å². The molecule has 5 rings (SSSR count). The number of amides is 2. The number of fused-ring (bicyclic) bond motifs is 1. The molecule has 2 amide bonds. The van der Waals surface area contributed by atoms with Gasteiger partial charge in [0.05, 0.1) is 0 Å². The van der Waals surface area contributed by atoms with Gasteiger partial charge in [-0.05, 0) is 25.8 Å². The summed E-state index contributed by atoms with van der Waals surface area (Å²) in [5.41, 5.74) is -0.998. The minimum atomic E-state index is -4.45. The second kappa shape index (κ2) is 9.94. The molecule has 2 unspecified atom stereocenters. The molecular weight excluding hydrogens is 534 g/mol. The highest BCUT2D eigenvalue weighted by molar-refractivity contribution is 7.89. The van der Waals surface area contributed by atoms with Crippen LogP contribution in [0.1, 0.15) is 35.9 Å². The Kier molecular flexibility index (Phi) is 6.96. The molecular formula is C23H25F4N5O5S. The Morgan fingerprint density at radius 1 is 1.11 bits per heavy atom. The minimum Gasteiger partial charge on any atom is -0.343 e. The molecule has 0 spiro atoms. The molecule has 2 aromatic rings. The maximum absolute atomic E-state index is 15.6. The van der Waals surface area contributed by atoms with E-state index >= 15 is 4.39 Å². The van der Waals surface area contributed by atoms with Gasteiger partial charge in [-0.2, -0.15) is 0 Å². The van der Waals surface area contributed by atoms with Crippen LogP contribution in [0, 0.1) is 23.3 Å². The highest BCUT2D eigenvalue weighted by Gasteiger charge is 2.48. The molecule has 1 aromatic heterocycles. The number of likely N-dealkylation sites (tertiary alicyclic amines) is 1. The third-order valence-electron chi connectivity index (χ3n) is 6.75. The van der Waals surface area contributed by atoms with Crippen molar-refractivity contribution < 1.29 is 40.3 Å². The highest BCUT2D eigenvalue weighted by Crippen LogP contribution is 2.33. The van der Waals surface area contributed by atoms with Crippen LogP contribution in [0.3, 0.4) is 0 Å². The number of carbonyl (C=O) groups excluding carboxylic acids is 2.